The van der Waals surface area contributed by atoms with Crippen LogP contribution in [0.4, 0.5) is 17.6 Å². The molecule has 0 saturated carbocycles. The summed E-state index contributed by atoms with van der Waals surface area (Å²) >= 11 is 2.97. The van der Waals surface area contributed by atoms with Crippen molar-refractivity contribution in [1.82, 2.24) is 0 Å². The lowest BCUT2D eigenvalue weighted by atomic mass is 9.90. The van der Waals surface area contributed by atoms with Crippen molar-refractivity contribution in [2.45, 2.75) is 38.0 Å². The lowest BCUT2D eigenvalue weighted by molar-refractivity contribution is -0.137. The van der Waals surface area contributed by atoms with Gasteiger partial charge >= 0.3 is 6.18 Å². The van der Waals surface area contributed by atoms with Crippen molar-refractivity contribution in [2.75, 3.05) is 0 Å². The van der Waals surface area contributed by atoms with Crippen molar-refractivity contribution in [3.05, 3.63) is 34.1 Å². The summed E-state index contributed by atoms with van der Waals surface area (Å²) in [6.07, 6.45) is -5.65. The van der Waals surface area contributed by atoms with Crippen molar-refractivity contribution in [3.8, 4) is 0 Å². The Morgan fingerprint density at radius 1 is 1.22 bits per heavy atom. The first-order chi connectivity index (χ1) is 8.13. The van der Waals surface area contributed by atoms with Gasteiger partial charge in [0.25, 0.3) is 0 Å². The van der Waals surface area contributed by atoms with E-state index in [2.05, 4.69) is 15.9 Å². The van der Waals surface area contributed by atoms with E-state index in [-0.39, 0.29) is 22.9 Å². The highest BCUT2D eigenvalue weighted by atomic mass is 79.9. The van der Waals surface area contributed by atoms with Crippen LogP contribution in [0, 0.1) is 5.82 Å². The molecule has 0 bridgehead atoms. The molecule has 1 unspecified atom stereocenters. The minimum absolute atomic E-state index is 0.000880. The summed E-state index contributed by atoms with van der Waals surface area (Å²) in [4.78, 5) is 0. The van der Waals surface area contributed by atoms with Gasteiger partial charge in [-0.25, -0.2) is 4.39 Å². The average Bonchev–Trinajstić information content (AvgIpc) is 2.19. The van der Waals surface area contributed by atoms with Crippen molar-refractivity contribution in [3.63, 3.8) is 0 Å². The molecule has 1 aromatic carbocycles. The van der Waals surface area contributed by atoms with E-state index < -0.39 is 24.0 Å². The number of hydrogen-bond acceptors (Lipinski definition) is 1. The summed E-state index contributed by atoms with van der Waals surface area (Å²) in [5, 5.41) is 10.1. The van der Waals surface area contributed by atoms with Gasteiger partial charge in [-0.15, -0.1) is 0 Å². The molecule has 1 rings (SSSR count). The zero-order chi connectivity index (χ0) is 14.0. The first-order valence-electron chi connectivity index (χ1n) is 5.37. The molecule has 0 spiro atoms. The van der Waals surface area contributed by atoms with Gasteiger partial charge in [-0.05, 0) is 41.8 Å². The van der Waals surface area contributed by atoms with Gasteiger partial charge in [0.1, 0.15) is 5.82 Å². The second-order valence-electron chi connectivity index (χ2n) is 4.34. The van der Waals surface area contributed by atoms with E-state index in [0.717, 1.165) is 0 Å². The number of halogens is 5. The molecule has 0 amide bonds. The maximum Gasteiger partial charge on any atom is 0.389 e. The molecule has 0 heterocycles. The molecule has 0 aliphatic carbocycles. The fourth-order valence-corrected chi connectivity index (χ4v) is 2.05. The molecule has 0 fully saturated rings. The number of aliphatic hydroxyl groups is 1. The van der Waals surface area contributed by atoms with Crippen molar-refractivity contribution in [2.24, 2.45) is 0 Å². The van der Waals surface area contributed by atoms with E-state index in [9.17, 15) is 22.7 Å². The van der Waals surface area contributed by atoms with Gasteiger partial charge in [0.15, 0.2) is 0 Å². The molecule has 1 N–H and O–H groups in total. The summed E-state index contributed by atoms with van der Waals surface area (Å²) in [6, 6.07) is 4.36. The van der Waals surface area contributed by atoms with Crippen LogP contribution in [-0.2, 0) is 5.60 Å². The summed E-state index contributed by atoms with van der Waals surface area (Å²) in [7, 11) is 0. The van der Waals surface area contributed by atoms with E-state index >= 15 is 0 Å². The molecule has 1 atom stereocenters. The van der Waals surface area contributed by atoms with E-state index in [1.165, 1.54) is 25.1 Å². The maximum atomic E-state index is 13.7. The monoisotopic (exact) mass is 328 g/mol. The van der Waals surface area contributed by atoms with Gasteiger partial charge < -0.3 is 5.11 Å². The van der Waals surface area contributed by atoms with E-state index in [0.29, 0.717) is 0 Å². The van der Waals surface area contributed by atoms with Crippen molar-refractivity contribution >= 4 is 15.9 Å². The molecular formula is C12H13BrF4O. The maximum absolute atomic E-state index is 13.7. The zero-order valence-corrected chi connectivity index (χ0v) is 11.3. The first kappa shape index (κ1) is 15.4. The minimum atomic E-state index is -4.26. The minimum Gasteiger partial charge on any atom is -0.385 e. The Balaban J connectivity index is 2.77. The predicted molar refractivity (Wildman–Crippen MR) is 63.6 cm³/mol. The summed E-state index contributed by atoms with van der Waals surface area (Å²) in [6.45, 7) is 1.31. The van der Waals surface area contributed by atoms with Gasteiger partial charge in [0, 0.05) is 12.0 Å². The van der Waals surface area contributed by atoms with Crippen molar-refractivity contribution in [1.29, 1.82) is 0 Å². The van der Waals surface area contributed by atoms with Gasteiger partial charge in [-0.2, -0.15) is 13.2 Å². The van der Waals surface area contributed by atoms with Crippen LogP contribution in [0.15, 0.2) is 22.7 Å². The summed E-state index contributed by atoms with van der Waals surface area (Å²) in [5.41, 5.74) is -1.61. The lowest BCUT2D eigenvalue weighted by Crippen LogP contribution is -2.23. The Hall–Kier alpha value is -0.620. The van der Waals surface area contributed by atoms with E-state index in [1.54, 1.807) is 0 Å². The lowest BCUT2D eigenvalue weighted by Gasteiger charge is -2.25. The molecule has 0 aliphatic heterocycles. The fourth-order valence-electron chi connectivity index (χ4n) is 1.69. The van der Waals surface area contributed by atoms with Crippen LogP contribution in [0.2, 0.25) is 0 Å². The Bertz CT molecular complexity index is 415. The van der Waals surface area contributed by atoms with Crippen molar-refractivity contribution < 1.29 is 22.7 Å². The largest absolute Gasteiger partial charge is 0.389 e. The van der Waals surface area contributed by atoms with Crippen LogP contribution in [0.3, 0.4) is 0 Å². The van der Waals surface area contributed by atoms with E-state index in [1.807, 2.05) is 0 Å². The normalized spacial score (nSPS) is 15.5. The quantitative estimate of drug-likeness (QED) is 0.805. The third-order valence-electron chi connectivity index (χ3n) is 2.66. The Morgan fingerprint density at radius 2 is 1.83 bits per heavy atom. The molecule has 0 radical (unpaired) electrons. The number of rotatable bonds is 4. The van der Waals surface area contributed by atoms with E-state index in [4.69, 9.17) is 0 Å². The van der Waals surface area contributed by atoms with Gasteiger partial charge in [0.2, 0.25) is 0 Å². The second-order valence-corrected chi connectivity index (χ2v) is 5.20. The smallest absolute Gasteiger partial charge is 0.385 e. The van der Waals surface area contributed by atoms with Gasteiger partial charge in [-0.3, -0.25) is 0 Å². The molecule has 1 aromatic rings. The van der Waals surface area contributed by atoms with Crippen LogP contribution in [0.1, 0.15) is 31.7 Å². The fraction of sp³-hybridized carbons (Fsp3) is 0.500. The topological polar surface area (TPSA) is 20.2 Å². The van der Waals surface area contributed by atoms with Gasteiger partial charge in [0.05, 0.1) is 10.1 Å². The molecule has 0 aromatic heterocycles. The molecule has 0 saturated heterocycles. The standard InChI is InChI=1S/C12H13BrF4O/c1-11(18,6-3-7-12(15,16)17)8-4-2-5-9(13)10(8)14/h2,4-5,18H,3,6-7H2,1H3. The van der Waals surface area contributed by atoms with Gasteiger partial charge in [-0.1, -0.05) is 12.1 Å². The zero-order valence-electron chi connectivity index (χ0n) is 9.69. The van der Waals surface area contributed by atoms with Crippen LogP contribution in [0.25, 0.3) is 0 Å². The second kappa shape index (κ2) is 5.57. The molecular weight excluding hydrogens is 316 g/mol. The highest BCUT2D eigenvalue weighted by Gasteiger charge is 2.31. The van der Waals surface area contributed by atoms with Crippen LogP contribution < -0.4 is 0 Å². The predicted octanol–water partition coefficient (Wildman–Crippen LogP) is 4.53. The van der Waals surface area contributed by atoms with Crippen LogP contribution in [-0.4, -0.2) is 11.3 Å². The van der Waals surface area contributed by atoms with Crippen LogP contribution >= 0.6 is 15.9 Å². The Labute approximate surface area is 111 Å². The molecule has 18 heavy (non-hydrogen) atoms. The third kappa shape index (κ3) is 4.24. The Kier molecular flexibility index (Phi) is 4.78. The number of alkyl halides is 3. The highest BCUT2D eigenvalue weighted by Crippen LogP contribution is 2.33. The first-order valence-corrected chi connectivity index (χ1v) is 6.16. The number of hydrogen-bond donors (Lipinski definition) is 1. The summed E-state index contributed by atoms with van der Waals surface area (Å²) < 4.78 is 49.9. The SMILES string of the molecule is CC(O)(CCCC(F)(F)F)c1cccc(Br)c1F. The molecule has 0 aliphatic rings. The molecule has 102 valence electrons. The molecule has 6 heteroatoms. The number of benzene rings is 1. The average molecular weight is 329 g/mol. The Morgan fingerprint density at radius 3 is 2.39 bits per heavy atom. The summed E-state index contributed by atoms with van der Waals surface area (Å²) in [5.74, 6) is -0.644. The molecule has 1 nitrogen and oxygen atoms in total. The third-order valence-corrected chi connectivity index (χ3v) is 3.27. The highest BCUT2D eigenvalue weighted by molar-refractivity contribution is 9.10. The van der Waals surface area contributed by atoms with Crippen LogP contribution in [0.5, 0.6) is 0 Å².